The molecule has 1 saturated heterocycles. The molecule has 2 atom stereocenters. The van der Waals surface area contributed by atoms with E-state index in [0.29, 0.717) is 12.1 Å². The van der Waals surface area contributed by atoms with Crippen LogP contribution in [-0.4, -0.2) is 25.9 Å². The minimum absolute atomic E-state index is 0.378. The molecule has 1 aromatic carbocycles. The van der Waals surface area contributed by atoms with Crippen LogP contribution < -0.4 is 10.1 Å². The normalized spacial score (nSPS) is 20.0. The number of hydrogen-bond acceptors (Lipinski definition) is 3. The molecule has 0 bridgehead atoms. The zero-order valence-corrected chi connectivity index (χ0v) is 12.7. The van der Waals surface area contributed by atoms with E-state index in [1.807, 2.05) is 0 Å². The van der Waals surface area contributed by atoms with E-state index in [4.69, 9.17) is 9.47 Å². The van der Waals surface area contributed by atoms with E-state index >= 15 is 0 Å². The molecule has 0 spiro atoms. The monoisotopic (exact) mass is 277 g/mol. The van der Waals surface area contributed by atoms with Gasteiger partial charge in [0.1, 0.15) is 5.75 Å². The van der Waals surface area contributed by atoms with Gasteiger partial charge in [-0.15, -0.1) is 0 Å². The van der Waals surface area contributed by atoms with Gasteiger partial charge in [0.25, 0.3) is 0 Å². The Morgan fingerprint density at radius 3 is 2.70 bits per heavy atom. The zero-order valence-electron chi connectivity index (χ0n) is 12.7. The van der Waals surface area contributed by atoms with E-state index in [9.17, 15) is 0 Å². The van der Waals surface area contributed by atoms with E-state index in [2.05, 4.69) is 43.4 Å². The molecule has 3 nitrogen and oxygen atoms in total. The van der Waals surface area contributed by atoms with Crippen molar-refractivity contribution in [1.82, 2.24) is 5.32 Å². The van der Waals surface area contributed by atoms with Gasteiger partial charge in [0.2, 0.25) is 0 Å². The Balaban J connectivity index is 1.96. The summed E-state index contributed by atoms with van der Waals surface area (Å²) in [5.41, 5.74) is 1.33. The van der Waals surface area contributed by atoms with Gasteiger partial charge >= 0.3 is 0 Å². The first-order valence-corrected chi connectivity index (χ1v) is 7.91. The van der Waals surface area contributed by atoms with Crippen molar-refractivity contribution >= 4 is 0 Å². The van der Waals surface area contributed by atoms with Crippen molar-refractivity contribution in [1.29, 1.82) is 0 Å². The van der Waals surface area contributed by atoms with E-state index in [-0.39, 0.29) is 0 Å². The van der Waals surface area contributed by atoms with Crippen LogP contribution in [0.1, 0.15) is 51.1 Å². The fourth-order valence-corrected chi connectivity index (χ4v) is 2.69. The van der Waals surface area contributed by atoms with Gasteiger partial charge in [-0.05, 0) is 49.9 Å². The van der Waals surface area contributed by atoms with Crippen molar-refractivity contribution in [2.45, 2.75) is 51.7 Å². The van der Waals surface area contributed by atoms with Crippen LogP contribution >= 0.6 is 0 Å². The molecule has 0 radical (unpaired) electrons. The lowest BCUT2D eigenvalue weighted by atomic mass is 9.99. The second-order valence-electron chi connectivity index (χ2n) is 5.40. The SMILES string of the molecule is CCCOc1ccc(C(CC2CCCO2)NCC)cc1. The molecular formula is C17H27NO2. The van der Waals surface area contributed by atoms with Crippen LogP contribution in [0, 0.1) is 0 Å². The highest BCUT2D eigenvalue weighted by Crippen LogP contribution is 2.26. The van der Waals surface area contributed by atoms with E-state index in [1.165, 1.54) is 18.4 Å². The van der Waals surface area contributed by atoms with Gasteiger partial charge in [-0.2, -0.15) is 0 Å². The van der Waals surface area contributed by atoms with Crippen LogP contribution in [0.5, 0.6) is 5.75 Å². The van der Waals surface area contributed by atoms with E-state index < -0.39 is 0 Å². The summed E-state index contributed by atoms with van der Waals surface area (Å²) in [5.74, 6) is 0.961. The van der Waals surface area contributed by atoms with Crippen LogP contribution in [0.15, 0.2) is 24.3 Å². The lowest BCUT2D eigenvalue weighted by Crippen LogP contribution is -2.25. The standard InChI is InChI=1S/C17H27NO2/c1-3-11-19-15-9-7-14(8-10-15)17(18-4-2)13-16-6-5-12-20-16/h7-10,16-18H,3-6,11-13H2,1-2H3. The number of ether oxygens (including phenoxy) is 2. The van der Waals surface area contributed by atoms with Crippen LogP contribution in [0.2, 0.25) is 0 Å². The summed E-state index contributed by atoms with van der Waals surface area (Å²) < 4.78 is 11.4. The average molecular weight is 277 g/mol. The maximum Gasteiger partial charge on any atom is 0.119 e. The summed E-state index contributed by atoms with van der Waals surface area (Å²) in [4.78, 5) is 0. The minimum atomic E-state index is 0.378. The number of nitrogens with one attached hydrogen (secondary N) is 1. The van der Waals surface area contributed by atoms with Crippen molar-refractivity contribution in [3.8, 4) is 5.75 Å². The Hall–Kier alpha value is -1.06. The Kier molecular flexibility index (Phi) is 6.34. The molecule has 1 N–H and O–H groups in total. The van der Waals surface area contributed by atoms with Crippen LogP contribution in [0.3, 0.4) is 0 Å². The van der Waals surface area contributed by atoms with Crippen molar-refractivity contribution in [2.75, 3.05) is 19.8 Å². The molecule has 2 rings (SSSR count). The fraction of sp³-hybridized carbons (Fsp3) is 0.647. The summed E-state index contributed by atoms with van der Waals surface area (Å²) in [5, 5.41) is 3.57. The smallest absolute Gasteiger partial charge is 0.119 e. The minimum Gasteiger partial charge on any atom is -0.494 e. The van der Waals surface area contributed by atoms with E-state index in [1.54, 1.807) is 0 Å². The third kappa shape index (κ3) is 4.50. The summed E-state index contributed by atoms with van der Waals surface area (Å²) in [6.45, 7) is 6.96. The molecule has 20 heavy (non-hydrogen) atoms. The molecular weight excluding hydrogens is 250 g/mol. The predicted molar refractivity (Wildman–Crippen MR) is 82.2 cm³/mol. The number of rotatable bonds is 8. The van der Waals surface area contributed by atoms with Crippen molar-refractivity contribution in [3.05, 3.63) is 29.8 Å². The Morgan fingerprint density at radius 2 is 2.10 bits per heavy atom. The van der Waals surface area contributed by atoms with Gasteiger partial charge in [0.15, 0.2) is 0 Å². The fourth-order valence-electron chi connectivity index (χ4n) is 2.69. The van der Waals surface area contributed by atoms with Crippen LogP contribution in [0.25, 0.3) is 0 Å². The summed E-state index contributed by atoms with van der Waals surface area (Å²) in [6.07, 6.45) is 4.91. The molecule has 3 heteroatoms. The second kappa shape index (κ2) is 8.28. The Labute approximate surface area is 122 Å². The highest BCUT2D eigenvalue weighted by molar-refractivity contribution is 5.29. The van der Waals surface area contributed by atoms with Crippen molar-refractivity contribution in [3.63, 3.8) is 0 Å². The van der Waals surface area contributed by atoms with E-state index in [0.717, 1.165) is 38.3 Å². The van der Waals surface area contributed by atoms with Gasteiger partial charge in [0.05, 0.1) is 12.7 Å². The maximum atomic E-state index is 5.76. The first-order chi connectivity index (χ1) is 9.83. The van der Waals surface area contributed by atoms with Crippen LogP contribution in [-0.2, 0) is 4.74 Å². The number of hydrogen-bond donors (Lipinski definition) is 1. The van der Waals surface area contributed by atoms with Gasteiger partial charge in [-0.3, -0.25) is 0 Å². The summed E-state index contributed by atoms with van der Waals surface area (Å²) in [7, 11) is 0. The molecule has 0 aliphatic carbocycles. The highest BCUT2D eigenvalue weighted by atomic mass is 16.5. The molecule has 0 amide bonds. The lowest BCUT2D eigenvalue weighted by Gasteiger charge is -2.22. The van der Waals surface area contributed by atoms with Gasteiger partial charge in [0, 0.05) is 12.6 Å². The number of benzene rings is 1. The first-order valence-electron chi connectivity index (χ1n) is 7.91. The molecule has 112 valence electrons. The lowest BCUT2D eigenvalue weighted by molar-refractivity contribution is 0.0947. The van der Waals surface area contributed by atoms with Crippen molar-refractivity contribution < 1.29 is 9.47 Å². The average Bonchev–Trinajstić information content (AvgIpc) is 2.98. The van der Waals surface area contributed by atoms with Gasteiger partial charge < -0.3 is 14.8 Å². The molecule has 1 aliphatic heterocycles. The van der Waals surface area contributed by atoms with Crippen LogP contribution in [0.4, 0.5) is 0 Å². The third-order valence-electron chi connectivity index (χ3n) is 3.73. The molecule has 2 unspecified atom stereocenters. The molecule has 1 heterocycles. The first kappa shape index (κ1) is 15.3. The second-order valence-corrected chi connectivity index (χ2v) is 5.40. The Bertz CT molecular complexity index is 371. The highest BCUT2D eigenvalue weighted by Gasteiger charge is 2.21. The summed E-state index contributed by atoms with van der Waals surface area (Å²) in [6, 6.07) is 8.87. The summed E-state index contributed by atoms with van der Waals surface area (Å²) >= 11 is 0. The third-order valence-corrected chi connectivity index (χ3v) is 3.73. The Morgan fingerprint density at radius 1 is 1.30 bits per heavy atom. The topological polar surface area (TPSA) is 30.5 Å². The molecule has 0 saturated carbocycles. The van der Waals surface area contributed by atoms with Crippen molar-refractivity contribution in [2.24, 2.45) is 0 Å². The maximum absolute atomic E-state index is 5.76. The molecule has 1 fully saturated rings. The molecule has 1 aliphatic rings. The molecule has 0 aromatic heterocycles. The largest absolute Gasteiger partial charge is 0.494 e. The van der Waals surface area contributed by atoms with Gasteiger partial charge in [-0.1, -0.05) is 26.0 Å². The zero-order chi connectivity index (χ0) is 14.2. The predicted octanol–water partition coefficient (Wildman–Crippen LogP) is 3.70. The quantitative estimate of drug-likeness (QED) is 0.786. The van der Waals surface area contributed by atoms with Gasteiger partial charge in [-0.25, -0.2) is 0 Å². The molecule has 1 aromatic rings.